The Labute approximate surface area is 214 Å². The number of carbonyl (C=O) groups excluding carboxylic acids is 2. The first-order valence-electron chi connectivity index (χ1n) is 11.1. The first-order valence-corrected chi connectivity index (χ1v) is 11.1. The fourth-order valence-corrected chi connectivity index (χ4v) is 3.64. The number of furan rings is 1. The molecule has 1 heterocycles. The van der Waals surface area contributed by atoms with Crippen molar-refractivity contribution >= 4 is 33.9 Å². The summed E-state index contributed by atoms with van der Waals surface area (Å²) in [4.78, 5) is 23.8. The molecule has 1 aromatic heterocycles. The zero-order chi connectivity index (χ0) is 27.8. The van der Waals surface area contributed by atoms with Gasteiger partial charge in [0, 0.05) is 27.5 Å². The number of carbonyl (C=O) groups is 2. The molecule has 0 amide bonds. The van der Waals surface area contributed by atoms with Gasteiger partial charge in [-0.15, -0.1) is 13.2 Å². The Bertz CT molecular complexity index is 1600. The number of rotatable bonds is 7. The Morgan fingerprint density at radius 1 is 0.789 bits per heavy atom. The van der Waals surface area contributed by atoms with Crippen molar-refractivity contribution in [3.05, 3.63) is 72.8 Å². The van der Waals surface area contributed by atoms with Crippen molar-refractivity contribution < 1.29 is 46.1 Å². The molecule has 0 bridgehead atoms. The van der Waals surface area contributed by atoms with Crippen LogP contribution in [0.1, 0.15) is 13.8 Å². The van der Waals surface area contributed by atoms with Gasteiger partial charge in [0.2, 0.25) is 5.75 Å². The quantitative estimate of drug-likeness (QED) is 0.144. The molecule has 0 saturated carbocycles. The monoisotopic (exact) mass is 526 g/mol. The van der Waals surface area contributed by atoms with Crippen molar-refractivity contribution in [3.8, 4) is 34.1 Å². The van der Waals surface area contributed by atoms with Crippen molar-refractivity contribution in [1.82, 2.24) is 0 Å². The molecule has 0 saturated heterocycles. The Kier molecular flexibility index (Phi) is 6.91. The molecule has 0 fully saturated rings. The molecule has 0 unspecified atom stereocenters. The van der Waals surface area contributed by atoms with E-state index >= 15 is 0 Å². The standard InChI is InChI=1S/C28H21F3O7/c1-14(2)26(32)35-17-8-6-16(7-9-17)18-10-11-19-20-12-13-21(36-27(33)15(3)4)25(38-28(29,30)31)24(20)37-23(19)22(18)34-5/h6-13H,1,3H2,2,4-5H3. The zero-order valence-electron chi connectivity index (χ0n) is 20.5. The van der Waals surface area contributed by atoms with Gasteiger partial charge in [-0.05, 0) is 55.8 Å². The van der Waals surface area contributed by atoms with E-state index in [4.69, 9.17) is 18.6 Å². The molecule has 0 N–H and O–H groups in total. The first-order chi connectivity index (χ1) is 17.9. The largest absolute Gasteiger partial charge is 0.573 e. The van der Waals surface area contributed by atoms with Crippen LogP contribution in [0, 0.1) is 0 Å². The molecule has 3 aromatic carbocycles. The second-order valence-corrected chi connectivity index (χ2v) is 8.31. The number of alkyl halides is 3. The van der Waals surface area contributed by atoms with Crippen LogP contribution in [-0.2, 0) is 9.59 Å². The number of hydrogen-bond acceptors (Lipinski definition) is 7. The number of benzene rings is 3. The van der Waals surface area contributed by atoms with Crippen molar-refractivity contribution in [2.75, 3.05) is 7.11 Å². The summed E-state index contributed by atoms with van der Waals surface area (Å²) in [5, 5.41) is 0.721. The predicted molar refractivity (Wildman–Crippen MR) is 133 cm³/mol. The highest BCUT2D eigenvalue weighted by atomic mass is 19.4. The van der Waals surface area contributed by atoms with Gasteiger partial charge in [0.15, 0.2) is 22.7 Å². The fourth-order valence-electron chi connectivity index (χ4n) is 3.64. The van der Waals surface area contributed by atoms with E-state index in [0.29, 0.717) is 22.3 Å². The molecule has 10 heteroatoms. The van der Waals surface area contributed by atoms with Gasteiger partial charge >= 0.3 is 18.3 Å². The third-order valence-electron chi connectivity index (χ3n) is 5.38. The minimum absolute atomic E-state index is 0.0145. The number of methoxy groups -OCH3 is 1. The lowest BCUT2D eigenvalue weighted by Gasteiger charge is -2.13. The van der Waals surface area contributed by atoms with E-state index in [9.17, 15) is 22.8 Å². The average molecular weight is 526 g/mol. The van der Waals surface area contributed by atoms with Crippen LogP contribution in [0.2, 0.25) is 0 Å². The van der Waals surface area contributed by atoms with Gasteiger partial charge in [0.05, 0.1) is 7.11 Å². The number of hydrogen-bond donors (Lipinski definition) is 0. The fraction of sp³-hybridized carbons (Fsp3) is 0.143. The van der Waals surface area contributed by atoms with Crippen LogP contribution in [0.25, 0.3) is 33.1 Å². The van der Waals surface area contributed by atoms with Crippen LogP contribution in [0.5, 0.6) is 23.0 Å². The highest BCUT2D eigenvalue weighted by Gasteiger charge is 2.35. The van der Waals surface area contributed by atoms with E-state index < -0.39 is 29.8 Å². The van der Waals surface area contributed by atoms with Crippen LogP contribution in [0.15, 0.2) is 77.3 Å². The van der Waals surface area contributed by atoms with Crippen LogP contribution in [-0.4, -0.2) is 25.4 Å². The lowest BCUT2D eigenvalue weighted by atomic mass is 10.0. The van der Waals surface area contributed by atoms with E-state index in [2.05, 4.69) is 17.9 Å². The maximum Gasteiger partial charge on any atom is 0.573 e. The Hall–Kier alpha value is -4.73. The Morgan fingerprint density at radius 2 is 1.34 bits per heavy atom. The Morgan fingerprint density at radius 3 is 1.89 bits per heavy atom. The van der Waals surface area contributed by atoms with Gasteiger partial charge in [-0.2, -0.15) is 0 Å². The minimum atomic E-state index is -5.10. The molecule has 4 rings (SSSR count). The lowest BCUT2D eigenvalue weighted by Crippen LogP contribution is -2.18. The third kappa shape index (κ3) is 5.19. The van der Waals surface area contributed by atoms with Crippen LogP contribution >= 0.6 is 0 Å². The molecule has 7 nitrogen and oxygen atoms in total. The second kappa shape index (κ2) is 9.97. The summed E-state index contributed by atoms with van der Waals surface area (Å²) in [5.41, 5.74) is 1.30. The van der Waals surface area contributed by atoms with Crippen LogP contribution in [0.4, 0.5) is 13.2 Å². The highest BCUT2D eigenvalue weighted by Crippen LogP contribution is 2.47. The third-order valence-corrected chi connectivity index (χ3v) is 5.38. The first kappa shape index (κ1) is 26.3. The number of fused-ring (bicyclic) bond motifs is 3. The van der Waals surface area contributed by atoms with Gasteiger partial charge in [-0.25, -0.2) is 9.59 Å². The average Bonchev–Trinajstić information content (AvgIpc) is 3.23. The normalized spacial score (nSPS) is 11.3. The summed E-state index contributed by atoms with van der Waals surface area (Å²) in [7, 11) is 1.39. The van der Waals surface area contributed by atoms with Crippen LogP contribution in [0.3, 0.4) is 0 Å². The van der Waals surface area contributed by atoms with Crippen LogP contribution < -0.4 is 18.9 Å². The molecular formula is C28H21F3O7. The molecule has 0 spiro atoms. The second-order valence-electron chi connectivity index (χ2n) is 8.31. The minimum Gasteiger partial charge on any atom is -0.492 e. The van der Waals surface area contributed by atoms with Crippen molar-refractivity contribution in [2.24, 2.45) is 0 Å². The molecule has 0 atom stereocenters. The topological polar surface area (TPSA) is 84.2 Å². The lowest BCUT2D eigenvalue weighted by molar-refractivity contribution is -0.274. The summed E-state index contributed by atoms with van der Waals surface area (Å²) in [6, 6.07) is 12.5. The molecular weight excluding hydrogens is 505 g/mol. The van der Waals surface area contributed by atoms with Crippen molar-refractivity contribution in [1.29, 1.82) is 0 Å². The summed E-state index contributed by atoms with van der Waals surface area (Å²) < 4.78 is 65.8. The number of halogens is 3. The van der Waals surface area contributed by atoms with E-state index in [-0.39, 0.29) is 33.4 Å². The van der Waals surface area contributed by atoms with Gasteiger partial charge < -0.3 is 23.4 Å². The molecule has 0 aliphatic carbocycles. The molecule has 196 valence electrons. The number of esters is 2. The van der Waals surface area contributed by atoms with Crippen molar-refractivity contribution in [3.63, 3.8) is 0 Å². The molecule has 0 aliphatic heterocycles. The zero-order valence-corrected chi connectivity index (χ0v) is 20.5. The summed E-state index contributed by atoms with van der Waals surface area (Å²) in [6.45, 7) is 9.86. The molecule has 0 radical (unpaired) electrons. The van der Waals surface area contributed by atoms with E-state index in [1.807, 2.05) is 0 Å². The van der Waals surface area contributed by atoms with E-state index in [1.54, 1.807) is 36.4 Å². The van der Waals surface area contributed by atoms with Gasteiger partial charge in [-0.3, -0.25) is 0 Å². The molecule has 0 aliphatic rings. The summed E-state index contributed by atoms with van der Waals surface area (Å²) in [5.74, 6) is -2.25. The highest BCUT2D eigenvalue weighted by molar-refractivity contribution is 6.11. The van der Waals surface area contributed by atoms with Gasteiger partial charge in [-0.1, -0.05) is 25.3 Å². The van der Waals surface area contributed by atoms with Crippen molar-refractivity contribution in [2.45, 2.75) is 20.2 Å². The maximum atomic E-state index is 13.3. The SMILES string of the molecule is C=C(C)C(=O)Oc1ccc(-c2ccc3c(oc4c(OC(F)(F)F)c(OC(=O)C(=C)C)ccc43)c2OC)cc1. The maximum absolute atomic E-state index is 13.3. The van der Waals surface area contributed by atoms with Gasteiger partial charge in [0.25, 0.3) is 0 Å². The van der Waals surface area contributed by atoms with E-state index in [0.717, 1.165) is 0 Å². The van der Waals surface area contributed by atoms with E-state index in [1.165, 1.54) is 33.1 Å². The predicted octanol–water partition coefficient (Wildman–Crippen LogP) is 7.12. The Balaban J connectivity index is 1.86. The summed E-state index contributed by atoms with van der Waals surface area (Å²) >= 11 is 0. The smallest absolute Gasteiger partial charge is 0.492 e. The van der Waals surface area contributed by atoms with Gasteiger partial charge in [0.1, 0.15) is 5.75 Å². The number of ether oxygens (including phenoxy) is 4. The molecule has 38 heavy (non-hydrogen) atoms. The summed E-state index contributed by atoms with van der Waals surface area (Å²) in [6.07, 6.45) is -5.10. The molecule has 4 aromatic rings.